The van der Waals surface area contributed by atoms with Gasteiger partial charge in [0.25, 0.3) is 0 Å². The quantitative estimate of drug-likeness (QED) is 0.577. The van der Waals surface area contributed by atoms with Crippen molar-refractivity contribution in [3.63, 3.8) is 0 Å². The number of pyridine rings is 1. The van der Waals surface area contributed by atoms with Crippen LogP contribution in [0.15, 0.2) is 59.8 Å². The van der Waals surface area contributed by atoms with Gasteiger partial charge in [0, 0.05) is 11.8 Å². The van der Waals surface area contributed by atoms with Gasteiger partial charge in [0.1, 0.15) is 0 Å². The van der Waals surface area contributed by atoms with Crippen LogP contribution in [0.1, 0.15) is 23.6 Å². The number of allylic oxidation sites excluding steroid dienone is 4. The molecule has 3 nitrogen and oxygen atoms in total. The zero-order valence-corrected chi connectivity index (χ0v) is 16.2. The Hall–Kier alpha value is -2.62. The molecule has 1 aliphatic rings. The molecule has 0 saturated heterocycles. The molecule has 160 valence electrons. The third-order valence-corrected chi connectivity index (χ3v) is 6.27. The fourth-order valence-corrected chi connectivity index (χ4v) is 3.77. The summed E-state index contributed by atoms with van der Waals surface area (Å²) in [5, 5.41) is -0.209. The highest BCUT2D eigenvalue weighted by Gasteiger charge is 2.40. The molecule has 0 amide bonds. The van der Waals surface area contributed by atoms with Gasteiger partial charge in [-0.1, -0.05) is 31.2 Å². The fraction of sp³-hybridized carbons (Fsp3) is 0.250. The van der Waals surface area contributed by atoms with Crippen molar-refractivity contribution in [3.05, 3.63) is 71.4 Å². The lowest BCUT2D eigenvalue weighted by molar-refractivity contribution is -0.148. The van der Waals surface area contributed by atoms with Crippen LogP contribution in [-0.4, -0.2) is 25.3 Å². The Labute approximate surface area is 168 Å². The number of hydrogen-bond acceptors (Lipinski definition) is 3. The number of nitrogens with zero attached hydrogens (tertiary/aromatic N) is 1. The number of alkyl halides is 6. The zero-order valence-electron chi connectivity index (χ0n) is 15.4. The largest absolute Gasteiger partial charge is 0.416 e. The van der Waals surface area contributed by atoms with Gasteiger partial charge in [-0.2, -0.15) is 26.3 Å². The minimum atomic E-state index is -4.59. The maximum absolute atomic E-state index is 13.3. The lowest BCUT2D eigenvalue weighted by atomic mass is 9.95. The van der Waals surface area contributed by atoms with Crippen molar-refractivity contribution in [2.75, 3.05) is 5.75 Å². The summed E-state index contributed by atoms with van der Waals surface area (Å²) in [6, 6.07) is 6.32. The molecule has 0 aliphatic heterocycles. The van der Waals surface area contributed by atoms with Crippen LogP contribution in [0, 0.1) is 5.92 Å². The number of hydrogen-bond donors (Lipinski definition) is 0. The third kappa shape index (κ3) is 4.43. The second-order valence-electron chi connectivity index (χ2n) is 6.59. The first-order valence-corrected chi connectivity index (χ1v) is 10.4. The standard InChI is InChI=1S/C20H15F6NO2S/c1-2-30(28,29)18-8-5-13(11-27-18)17-10-15(20(24,25)26)9-16(17)12-3-6-14(7-4-12)19(21,22)23/h3-11,15H,2H2,1H3. The summed E-state index contributed by atoms with van der Waals surface area (Å²) in [5.74, 6) is -2.11. The van der Waals surface area contributed by atoms with Crippen molar-refractivity contribution in [3.8, 4) is 0 Å². The molecule has 1 aromatic carbocycles. The van der Waals surface area contributed by atoms with Crippen LogP contribution in [0.3, 0.4) is 0 Å². The van der Waals surface area contributed by atoms with E-state index < -0.39 is 33.7 Å². The van der Waals surface area contributed by atoms with E-state index in [0.717, 1.165) is 42.6 Å². The molecule has 1 unspecified atom stereocenters. The Morgan fingerprint density at radius 1 is 0.867 bits per heavy atom. The van der Waals surface area contributed by atoms with Gasteiger partial charge in [0.2, 0.25) is 0 Å². The van der Waals surface area contributed by atoms with E-state index >= 15 is 0 Å². The van der Waals surface area contributed by atoms with Crippen molar-refractivity contribution in [2.45, 2.75) is 24.3 Å². The van der Waals surface area contributed by atoms with E-state index in [1.54, 1.807) is 0 Å². The van der Waals surface area contributed by atoms with Gasteiger partial charge in [0.15, 0.2) is 14.9 Å². The van der Waals surface area contributed by atoms with E-state index in [1.165, 1.54) is 19.1 Å². The Morgan fingerprint density at radius 2 is 1.40 bits per heavy atom. The maximum Gasteiger partial charge on any atom is 0.416 e. The van der Waals surface area contributed by atoms with E-state index in [1.807, 2.05) is 0 Å². The Morgan fingerprint density at radius 3 is 1.83 bits per heavy atom. The molecule has 1 atom stereocenters. The van der Waals surface area contributed by atoms with E-state index in [0.29, 0.717) is 0 Å². The molecule has 1 aliphatic carbocycles. The second kappa shape index (κ2) is 7.57. The van der Waals surface area contributed by atoms with Gasteiger partial charge in [-0.05, 0) is 41.0 Å². The van der Waals surface area contributed by atoms with Crippen molar-refractivity contribution in [1.29, 1.82) is 0 Å². The maximum atomic E-state index is 13.3. The Balaban J connectivity index is 2.04. The SMILES string of the molecule is CCS(=O)(=O)c1ccc(C2=CC(C(F)(F)F)C=C2c2ccc(C(F)(F)F)cc2)cn1. The smallest absolute Gasteiger partial charge is 0.244 e. The van der Waals surface area contributed by atoms with Gasteiger partial charge >= 0.3 is 12.4 Å². The summed E-state index contributed by atoms with van der Waals surface area (Å²) < 4.78 is 102. The molecule has 1 heterocycles. The molecule has 0 bridgehead atoms. The van der Waals surface area contributed by atoms with Crippen LogP contribution in [0.5, 0.6) is 0 Å². The molecular formula is C20H15F6NO2S. The molecule has 0 saturated carbocycles. The molecule has 0 fully saturated rings. The molecule has 30 heavy (non-hydrogen) atoms. The Kier molecular flexibility index (Phi) is 5.57. The number of benzene rings is 1. The molecule has 3 rings (SSSR count). The molecule has 10 heteroatoms. The average Bonchev–Trinajstić information content (AvgIpc) is 3.13. The number of aromatic nitrogens is 1. The van der Waals surface area contributed by atoms with E-state index in [9.17, 15) is 34.8 Å². The lowest BCUT2D eigenvalue weighted by Gasteiger charge is -2.12. The highest BCUT2D eigenvalue weighted by molar-refractivity contribution is 7.91. The first-order chi connectivity index (χ1) is 13.8. The summed E-state index contributed by atoms with van der Waals surface area (Å²) in [5.41, 5.74) is -0.309. The first kappa shape index (κ1) is 22.1. The summed E-state index contributed by atoms with van der Waals surface area (Å²) in [4.78, 5) is 3.84. The highest BCUT2D eigenvalue weighted by atomic mass is 32.2. The van der Waals surface area contributed by atoms with Crippen LogP contribution in [-0.2, 0) is 16.0 Å². The van der Waals surface area contributed by atoms with Crippen molar-refractivity contribution < 1.29 is 34.8 Å². The van der Waals surface area contributed by atoms with Gasteiger partial charge in [0.05, 0.1) is 17.2 Å². The summed E-state index contributed by atoms with van der Waals surface area (Å²) >= 11 is 0. The monoisotopic (exact) mass is 447 g/mol. The summed E-state index contributed by atoms with van der Waals surface area (Å²) in [6.07, 6.45) is -6.14. The van der Waals surface area contributed by atoms with Gasteiger partial charge in [-0.25, -0.2) is 13.4 Å². The molecule has 1 aromatic heterocycles. The minimum Gasteiger partial charge on any atom is -0.244 e. The molecular weight excluding hydrogens is 432 g/mol. The number of sulfone groups is 1. The number of halogens is 6. The minimum absolute atomic E-state index is 0.0962. The normalized spacial score (nSPS) is 17.6. The highest BCUT2D eigenvalue weighted by Crippen LogP contribution is 2.44. The summed E-state index contributed by atoms with van der Waals surface area (Å²) in [6.45, 7) is 1.43. The topological polar surface area (TPSA) is 47.0 Å². The van der Waals surface area contributed by atoms with E-state index in [4.69, 9.17) is 0 Å². The Bertz CT molecular complexity index is 1100. The van der Waals surface area contributed by atoms with Crippen LogP contribution in [0.4, 0.5) is 26.3 Å². The van der Waals surface area contributed by atoms with Crippen molar-refractivity contribution in [2.24, 2.45) is 5.92 Å². The van der Waals surface area contributed by atoms with Gasteiger partial charge in [-0.15, -0.1) is 0 Å². The first-order valence-electron chi connectivity index (χ1n) is 8.70. The molecule has 2 aromatic rings. The second-order valence-corrected chi connectivity index (χ2v) is 8.82. The van der Waals surface area contributed by atoms with Crippen molar-refractivity contribution in [1.82, 2.24) is 4.98 Å². The van der Waals surface area contributed by atoms with Crippen LogP contribution in [0.2, 0.25) is 0 Å². The van der Waals surface area contributed by atoms with Crippen molar-refractivity contribution >= 4 is 21.0 Å². The molecule has 0 spiro atoms. The number of rotatable bonds is 4. The predicted molar refractivity (Wildman–Crippen MR) is 98.9 cm³/mol. The third-order valence-electron chi connectivity index (χ3n) is 4.63. The van der Waals surface area contributed by atoms with Gasteiger partial charge in [-0.3, -0.25) is 0 Å². The van der Waals surface area contributed by atoms with E-state index in [2.05, 4.69) is 4.98 Å². The van der Waals surface area contributed by atoms with Crippen LogP contribution >= 0.6 is 0 Å². The lowest BCUT2D eigenvalue weighted by Crippen LogP contribution is -2.17. The van der Waals surface area contributed by atoms with E-state index in [-0.39, 0.29) is 33.1 Å². The average molecular weight is 447 g/mol. The predicted octanol–water partition coefficient (Wildman–Crippen LogP) is 5.55. The van der Waals surface area contributed by atoms with Crippen LogP contribution < -0.4 is 0 Å². The van der Waals surface area contributed by atoms with Crippen LogP contribution in [0.25, 0.3) is 11.1 Å². The zero-order chi connectivity index (χ0) is 22.3. The molecule has 0 N–H and O–H groups in total. The summed E-state index contributed by atoms with van der Waals surface area (Å²) in [7, 11) is -3.59. The van der Waals surface area contributed by atoms with Gasteiger partial charge < -0.3 is 0 Å². The fourth-order valence-electron chi connectivity index (χ4n) is 2.99. The molecule has 0 radical (unpaired) electrons.